The first-order valence-electron chi connectivity index (χ1n) is 6.41. The van der Waals surface area contributed by atoms with Crippen LogP contribution in [0, 0.1) is 13.8 Å². The topological polar surface area (TPSA) is 58.6 Å². The fraction of sp³-hybridized carbons (Fsp3) is 0.533. The third kappa shape index (κ3) is 4.56. The van der Waals surface area contributed by atoms with Crippen LogP contribution in [-0.2, 0) is 4.79 Å². The molecule has 0 saturated carbocycles. The van der Waals surface area contributed by atoms with E-state index < -0.39 is 17.6 Å². The summed E-state index contributed by atoms with van der Waals surface area (Å²) in [6.45, 7) is 7.83. The SMILES string of the molecule is CNC(CC(C)(C)Oc1ccc(C)cc1C)C(=O)O. The molecule has 1 rings (SSSR count). The van der Waals surface area contributed by atoms with E-state index in [0.29, 0.717) is 6.42 Å². The number of ether oxygens (including phenoxy) is 1. The van der Waals surface area contributed by atoms with Gasteiger partial charge in [0.05, 0.1) is 0 Å². The van der Waals surface area contributed by atoms with E-state index in [1.54, 1.807) is 7.05 Å². The first-order valence-corrected chi connectivity index (χ1v) is 6.41. The molecule has 106 valence electrons. The molecule has 19 heavy (non-hydrogen) atoms. The van der Waals surface area contributed by atoms with Crippen LogP contribution in [0.2, 0.25) is 0 Å². The molecule has 0 heterocycles. The highest BCUT2D eigenvalue weighted by molar-refractivity contribution is 5.73. The number of rotatable bonds is 6. The predicted molar refractivity (Wildman–Crippen MR) is 75.7 cm³/mol. The van der Waals surface area contributed by atoms with Gasteiger partial charge in [0.15, 0.2) is 0 Å². The summed E-state index contributed by atoms with van der Waals surface area (Å²) in [5, 5.41) is 11.9. The molecule has 0 aliphatic heterocycles. The molecule has 0 fully saturated rings. The lowest BCUT2D eigenvalue weighted by Crippen LogP contribution is -2.43. The summed E-state index contributed by atoms with van der Waals surface area (Å²) in [5.41, 5.74) is 1.69. The van der Waals surface area contributed by atoms with Gasteiger partial charge >= 0.3 is 5.97 Å². The molecule has 0 saturated heterocycles. The highest BCUT2D eigenvalue weighted by atomic mass is 16.5. The highest BCUT2D eigenvalue weighted by Gasteiger charge is 2.28. The molecular weight excluding hydrogens is 242 g/mol. The lowest BCUT2D eigenvalue weighted by Gasteiger charge is -2.30. The first kappa shape index (κ1) is 15.5. The van der Waals surface area contributed by atoms with E-state index >= 15 is 0 Å². The Morgan fingerprint density at radius 2 is 2.05 bits per heavy atom. The van der Waals surface area contributed by atoms with Crippen LogP contribution in [0.1, 0.15) is 31.4 Å². The van der Waals surface area contributed by atoms with E-state index in [9.17, 15) is 4.79 Å². The van der Waals surface area contributed by atoms with Gasteiger partial charge < -0.3 is 15.2 Å². The molecule has 0 amide bonds. The van der Waals surface area contributed by atoms with Crippen molar-refractivity contribution in [1.82, 2.24) is 5.32 Å². The van der Waals surface area contributed by atoms with E-state index in [0.717, 1.165) is 11.3 Å². The normalized spacial score (nSPS) is 13.1. The van der Waals surface area contributed by atoms with Gasteiger partial charge in [0, 0.05) is 6.42 Å². The van der Waals surface area contributed by atoms with Gasteiger partial charge in [0.1, 0.15) is 17.4 Å². The molecule has 2 N–H and O–H groups in total. The van der Waals surface area contributed by atoms with E-state index in [1.807, 2.05) is 39.8 Å². The van der Waals surface area contributed by atoms with E-state index in [-0.39, 0.29) is 0 Å². The summed E-state index contributed by atoms with van der Waals surface area (Å²) >= 11 is 0. The fourth-order valence-corrected chi connectivity index (χ4v) is 2.06. The minimum atomic E-state index is -0.861. The number of hydrogen-bond donors (Lipinski definition) is 2. The number of carboxylic acids is 1. The van der Waals surface area contributed by atoms with Crippen LogP contribution >= 0.6 is 0 Å². The smallest absolute Gasteiger partial charge is 0.320 e. The van der Waals surface area contributed by atoms with Crippen LogP contribution in [0.5, 0.6) is 5.75 Å². The molecule has 0 spiro atoms. The summed E-state index contributed by atoms with van der Waals surface area (Å²) in [6, 6.07) is 5.37. The summed E-state index contributed by atoms with van der Waals surface area (Å²) in [6.07, 6.45) is 0.395. The Bertz CT molecular complexity index is 455. The second-order valence-electron chi connectivity index (χ2n) is 5.51. The van der Waals surface area contributed by atoms with Gasteiger partial charge in [-0.2, -0.15) is 0 Å². The molecule has 1 unspecified atom stereocenters. The maximum absolute atomic E-state index is 11.1. The quantitative estimate of drug-likeness (QED) is 0.830. The number of carboxylic acid groups (broad SMARTS) is 1. The number of hydrogen-bond acceptors (Lipinski definition) is 3. The lowest BCUT2D eigenvalue weighted by atomic mass is 9.98. The molecule has 0 aliphatic rings. The molecule has 4 nitrogen and oxygen atoms in total. The third-order valence-electron chi connectivity index (χ3n) is 3.06. The van der Waals surface area contributed by atoms with Crippen molar-refractivity contribution in [2.45, 2.75) is 45.8 Å². The maximum Gasteiger partial charge on any atom is 0.320 e. The average Bonchev–Trinajstić information content (AvgIpc) is 2.29. The van der Waals surface area contributed by atoms with E-state index in [1.165, 1.54) is 5.56 Å². The number of aliphatic carboxylic acids is 1. The van der Waals surface area contributed by atoms with Gasteiger partial charge in [-0.05, 0) is 46.4 Å². The third-order valence-corrected chi connectivity index (χ3v) is 3.06. The molecule has 0 aromatic heterocycles. The molecule has 4 heteroatoms. The van der Waals surface area contributed by atoms with Gasteiger partial charge in [0.25, 0.3) is 0 Å². The van der Waals surface area contributed by atoms with Crippen LogP contribution in [0.3, 0.4) is 0 Å². The Balaban J connectivity index is 2.81. The summed E-state index contributed by atoms with van der Waals surface area (Å²) in [5.74, 6) is -0.0596. The number of carbonyl (C=O) groups is 1. The summed E-state index contributed by atoms with van der Waals surface area (Å²) < 4.78 is 5.97. The van der Waals surface area contributed by atoms with Crippen LogP contribution in [0.25, 0.3) is 0 Å². The first-order chi connectivity index (χ1) is 8.75. The zero-order valence-corrected chi connectivity index (χ0v) is 12.3. The van der Waals surface area contributed by atoms with Crippen molar-refractivity contribution in [3.05, 3.63) is 29.3 Å². The zero-order chi connectivity index (χ0) is 14.6. The van der Waals surface area contributed by atoms with Crippen molar-refractivity contribution in [3.63, 3.8) is 0 Å². The Morgan fingerprint density at radius 1 is 1.42 bits per heavy atom. The Kier molecular flexibility index (Phi) is 4.95. The van der Waals surface area contributed by atoms with Gasteiger partial charge in [-0.3, -0.25) is 4.79 Å². The standard InChI is InChI=1S/C15H23NO3/c1-10-6-7-13(11(2)8-10)19-15(3,4)9-12(16-5)14(17)18/h6-8,12,16H,9H2,1-5H3,(H,17,18). The van der Waals surface area contributed by atoms with Crippen LogP contribution in [0.4, 0.5) is 0 Å². The Morgan fingerprint density at radius 3 is 2.53 bits per heavy atom. The second kappa shape index (κ2) is 6.06. The van der Waals surface area contributed by atoms with Gasteiger partial charge in [-0.15, -0.1) is 0 Å². The predicted octanol–water partition coefficient (Wildman–Crippen LogP) is 2.52. The lowest BCUT2D eigenvalue weighted by molar-refractivity contribution is -0.140. The Hall–Kier alpha value is -1.55. The number of nitrogens with one attached hydrogen (secondary N) is 1. The van der Waals surface area contributed by atoms with Crippen molar-refractivity contribution in [2.24, 2.45) is 0 Å². The number of aryl methyl sites for hydroxylation is 2. The molecule has 0 bridgehead atoms. The Labute approximate surface area is 114 Å². The van der Waals surface area contributed by atoms with Crippen molar-refractivity contribution in [2.75, 3.05) is 7.05 Å². The van der Waals surface area contributed by atoms with Crippen LogP contribution in [0.15, 0.2) is 18.2 Å². The van der Waals surface area contributed by atoms with Gasteiger partial charge in [0.2, 0.25) is 0 Å². The van der Waals surface area contributed by atoms with E-state index in [4.69, 9.17) is 9.84 Å². The largest absolute Gasteiger partial charge is 0.488 e. The van der Waals surface area contributed by atoms with Crippen molar-refractivity contribution >= 4 is 5.97 Å². The van der Waals surface area contributed by atoms with Gasteiger partial charge in [-0.25, -0.2) is 0 Å². The molecular formula is C15H23NO3. The second-order valence-corrected chi connectivity index (χ2v) is 5.51. The average molecular weight is 265 g/mol. The van der Waals surface area contributed by atoms with E-state index in [2.05, 4.69) is 11.4 Å². The molecule has 1 aromatic carbocycles. The summed E-state index contributed by atoms with van der Waals surface area (Å²) in [4.78, 5) is 11.1. The molecule has 1 aromatic rings. The maximum atomic E-state index is 11.1. The minimum absolute atomic E-state index is 0.395. The van der Waals surface area contributed by atoms with Crippen molar-refractivity contribution in [1.29, 1.82) is 0 Å². The number of benzene rings is 1. The minimum Gasteiger partial charge on any atom is -0.488 e. The molecule has 0 radical (unpaired) electrons. The molecule has 1 atom stereocenters. The van der Waals surface area contributed by atoms with Crippen molar-refractivity contribution < 1.29 is 14.6 Å². The highest BCUT2D eigenvalue weighted by Crippen LogP contribution is 2.26. The monoisotopic (exact) mass is 265 g/mol. The number of likely N-dealkylation sites (N-methyl/N-ethyl adjacent to an activating group) is 1. The van der Waals surface area contributed by atoms with Crippen LogP contribution in [-0.4, -0.2) is 29.8 Å². The van der Waals surface area contributed by atoms with Crippen LogP contribution < -0.4 is 10.1 Å². The summed E-state index contributed by atoms with van der Waals surface area (Å²) in [7, 11) is 1.64. The fourth-order valence-electron chi connectivity index (χ4n) is 2.06. The van der Waals surface area contributed by atoms with Gasteiger partial charge in [-0.1, -0.05) is 17.7 Å². The zero-order valence-electron chi connectivity index (χ0n) is 12.3. The van der Waals surface area contributed by atoms with Crippen molar-refractivity contribution in [3.8, 4) is 5.75 Å². The molecule has 0 aliphatic carbocycles.